The van der Waals surface area contributed by atoms with Crippen molar-refractivity contribution in [3.8, 4) is 5.75 Å². The van der Waals surface area contributed by atoms with Gasteiger partial charge in [0.25, 0.3) is 0 Å². The van der Waals surface area contributed by atoms with Crippen LogP contribution in [0.5, 0.6) is 5.75 Å². The van der Waals surface area contributed by atoms with E-state index in [0.29, 0.717) is 12.6 Å². The Morgan fingerprint density at radius 3 is 2.57 bits per heavy atom. The molecule has 1 heterocycles. The Hall–Kier alpha value is -3.08. The van der Waals surface area contributed by atoms with Crippen LogP contribution < -0.4 is 4.74 Å². The van der Waals surface area contributed by atoms with Gasteiger partial charge in [0.1, 0.15) is 18.1 Å². The first-order valence-electron chi connectivity index (χ1n) is 10.7. The Bertz CT molecular complexity index is 1030. The highest BCUT2D eigenvalue weighted by atomic mass is 16.5. The average molecular weight is 404 g/mol. The van der Waals surface area contributed by atoms with E-state index in [0.717, 1.165) is 41.0 Å². The lowest BCUT2D eigenvalue weighted by atomic mass is 9.94. The minimum absolute atomic E-state index is 0.143. The number of likely N-dealkylation sites (N-methyl/N-ethyl adjacent to an activating group) is 1. The number of amides is 1. The van der Waals surface area contributed by atoms with E-state index in [-0.39, 0.29) is 5.91 Å². The first-order chi connectivity index (χ1) is 14.7. The molecule has 5 nitrogen and oxygen atoms in total. The predicted octanol–water partition coefficient (Wildman–Crippen LogP) is 5.01. The second-order valence-corrected chi connectivity index (χ2v) is 7.95. The molecule has 1 saturated carbocycles. The number of imidazole rings is 1. The van der Waals surface area contributed by atoms with Crippen LogP contribution in [0.15, 0.2) is 48.5 Å². The topological polar surface area (TPSA) is 47.4 Å². The molecule has 0 spiro atoms. The van der Waals surface area contributed by atoms with Crippen molar-refractivity contribution in [3.63, 3.8) is 0 Å². The summed E-state index contributed by atoms with van der Waals surface area (Å²) in [6.45, 7) is 0.301. The first-order valence-corrected chi connectivity index (χ1v) is 10.7. The van der Waals surface area contributed by atoms with E-state index in [1.165, 1.54) is 19.3 Å². The van der Waals surface area contributed by atoms with Gasteiger partial charge in [-0.15, -0.1) is 0 Å². The van der Waals surface area contributed by atoms with Gasteiger partial charge >= 0.3 is 0 Å². The molecule has 1 aromatic heterocycles. The summed E-state index contributed by atoms with van der Waals surface area (Å²) in [7, 11) is 3.61. The van der Waals surface area contributed by atoms with Crippen molar-refractivity contribution >= 4 is 29.1 Å². The molecule has 0 bridgehead atoms. The van der Waals surface area contributed by atoms with Crippen molar-refractivity contribution < 1.29 is 9.53 Å². The van der Waals surface area contributed by atoms with Crippen LogP contribution in [0.3, 0.4) is 0 Å². The Morgan fingerprint density at radius 2 is 1.83 bits per heavy atom. The van der Waals surface area contributed by atoms with Crippen LogP contribution >= 0.6 is 0 Å². The largest absolute Gasteiger partial charge is 0.497 e. The molecule has 0 unspecified atom stereocenters. The SMILES string of the molecule is COc1ccc(/C=C/c2nc3ccccc3n2CC(=O)N(C)C2CCCCC2)cc1. The third-order valence-electron chi connectivity index (χ3n) is 6.03. The van der Waals surface area contributed by atoms with Crippen LogP contribution in [0.2, 0.25) is 0 Å². The van der Waals surface area contributed by atoms with Gasteiger partial charge < -0.3 is 14.2 Å². The molecule has 5 heteroatoms. The summed E-state index contributed by atoms with van der Waals surface area (Å²) >= 11 is 0. The number of para-hydroxylation sites is 2. The second-order valence-electron chi connectivity index (χ2n) is 7.95. The van der Waals surface area contributed by atoms with Crippen LogP contribution in [0.25, 0.3) is 23.2 Å². The fourth-order valence-electron chi connectivity index (χ4n) is 4.19. The zero-order chi connectivity index (χ0) is 20.9. The van der Waals surface area contributed by atoms with Crippen LogP contribution in [-0.2, 0) is 11.3 Å². The highest BCUT2D eigenvalue weighted by Crippen LogP contribution is 2.23. The Labute approximate surface area is 178 Å². The zero-order valence-electron chi connectivity index (χ0n) is 17.8. The fourth-order valence-corrected chi connectivity index (χ4v) is 4.19. The van der Waals surface area contributed by atoms with Gasteiger partial charge in [-0.1, -0.05) is 49.6 Å². The molecule has 2 aromatic carbocycles. The summed E-state index contributed by atoms with van der Waals surface area (Å²) < 4.78 is 7.25. The average Bonchev–Trinajstić information content (AvgIpc) is 3.15. The number of hydrogen-bond acceptors (Lipinski definition) is 3. The van der Waals surface area contributed by atoms with Gasteiger partial charge in [-0.05, 0) is 48.7 Å². The summed E-state index contributed by atoms with van der Waals surface area (Å²) in [6.07, 6.45) is 9.93. The maximum absolute atomic E-state index is 13.1. The monoisotopic (exact) mass is 403 g/mol. The van der Waals surface area contributed by atoms with Crippen molar-refractivity contribution in [2.24, 2.45) is 0 Å². The van der Waals surface area contributed by atoms with E-state index >= 15 is 0 Å². The maximum atomic E-state index is 13.1. The van der Waals surface area contributed by atoms with Crippen LogP contribution in [0, 0.1) is 0 Å². The first kappa shape index (κ1) is 20.2. The third-order valence-corrected chi connectivity index (χ3v) is 6.03. The highest BCUT2D eigenvalue weighted by molar-refractivity contribution is 5.83. The minimum atomic E-state index is 0.143. The number of carbonyl (C=O) groups is 1. The molecular formula is C25H29N3O2. The second kappa shape index (κ2) is 9.16. The summed E-state index contributed by atoms with van der Waals surface area (Å²) in [5.41, 5.74) is 2.94. The number of nitrogens with zero attached hydrogens (tertiary/aromatic N) is 3. The fraction of sp³-hybridized carbons (Fsp3) is 0.360. The standard InChI is InChI=1S/C25H29N3O2/c1-27(20-8-4-3-5-9-20)25(29)18-28-23-11-7-6-10-22(23)26-24(28)17-14-19-12-15-21(30-2)16-13-19/h6-7,10-17,20H,3-5,8-9,18H2,1-2H3/b17-14+. The van der Waals surface area contributed by atoms with Gasteiger partial charge in [0.2, 0.25) is 5.91 Å². The van der Waals surface area contributed by atoms with Crippen molar-refractivity contribution in [2.45, 2.75) is 44.7 Å². The van der Waals surface area contributed by atoms with E-state index in [4.69, 9.17) is 9.72 Å². The minimum Gasteiger partial charge on any atom is -0.497 e. The number of benzene rings is 2. The molecule has 30 heavy (non-hydrogen) atoms. The molecule has 0 saturated heterocycles. The number of rotatable bonds is 6. The van der Waals surface area contributed by atoms with Crippen LogP contribution in [-0.4, -0.2) is 40.6 Å². The number of methoxy groups -OCH3 is 1. The van der Waals surface area contributed by atoms with Gasteiger partial charge in [-0.2, -0.15) is 0 Å². The third kappa shape index (κ3) is 4.40. The normalized spacial score (nSPS) is 15.0. The molecule has 1 aliphatic carbocycles. The molecule has 1 aliphatic rings. The van der Waals surface area contributed by atoms with Crippen LogP contribution in [0.4, 0.5) is 0 Å². The van der Waals surface area contributed by atoms with Gasteiger partial charge in [0, 0.05) is 13.1 Å². The quantitative estimate of drug-likeness (QED) is 0.581. The molecular weight excluding hydrogens is 374 g/mol. The molecule has 1 fully saturated rings. The van der Waals surface area contributed by atoms with E-state index < -0.39 is 0 Å². The highest BCUT2D eigenvalue weighted by Gasteiger charge is 2.23. The zero-order valence-corrected chi connectivity index (χ0v) is 17.8. The van der Waals surface area contributed by atoms with Crippen molar-refractivity contribution in [1.29, 1.82) is 0 Å². The van der Waals surface area contributed by atoms with E-state index in [2.05, 4.69) is 0 Å². The molecule has 156 valence electrons. The van der Waals surface area contributed by atoms with Gasteiger partial charge in [0.05, 0.1) is 18.1 Å². The lowest BCUT2D eigenvalue weighted by Gasteiger charge is -2.31. The predicted molar refractivity (Wildman–Crippen MR) is 121 cm³/mol. The number of aromatic nitrogens is 2. The Balaban J connectivity index is 1.59. The number of ether oxygens (including phenoxy) is 1. The van der Waals surface area contributed by atoms with E-state index in [9.17, 15) is 4.79 Å². The van der Waals surface area contributed by atoms with E-state index in [1.54, 1.807) is 7.11 Å². The van der Waals surface area contributed by atoms with Crippen molar-refractivity contribution in [2.75, 3.05) is 14.2 Å². The summed E-state index contributed by atoms with van der Waals surface area (Å²) in [4.78, 5) is 19.8. The molecule has 0 N–H and O–H groups in total. The molecule has 0 aliphatic heterocycles. The van der Waals surface area contributed by atoms with Crippen molar-refractivity contribution in [1.82, 2.24) is 14.5 Å². The van der Waals surface area contributed by atoms with Gasteiger partial charge in [0.15, 0.2) is 0 Å². The number of hydrogen-bond donors (Lipinski definition) is 0. The van der Waals surface area contributed by atoms with E-state index in [1.807, 2.05) is 77.2 Å². The smallest absolute Gasteiger partial charge is 0.242 e. The number of fused-ring (bicyclic) bond motifs is 1. The molecule has 4 rings (SSSR count). The van der Waals surface area contributed by atoms with Crippen molar-refractivity contribution in [3.05, 3.63) is 59.9 Å². The van der Waals surface area contributed by atoms with Crippen LogP contribution in [0.1, 0.15) is 43.5 Å². The van der Waals surface area contributed by atoms with Gasteiger partial charge in [-0.25, -0.2) is 4.98 Å². The Morgan fingerprint density at radius 1 is 1.10 bits per heavy atom. The molecule has 0 radical (unpaired) electrons. The molecule has 0 atom stereocenters. The maximum Gasteiger partial charge on any atom is 0.242 e. The summed E-state index contributed by atoms with van der Waals surface area (Å²) in [6, 6.07) is 16.2. The summed E-state index contributed by atoms with van der Waals surface area (Å²) in [5.74, 6) is 1.76. The molecule has 3 aromatic rings. The lowest BCUT2D eigenvalue weighted by molar-refractivity contribution is -0.133. The lowest BCUT2D eigenvalue weighted by Crippen LogP contribution is -2.40. The number of carbonyl (C=O) groups excluding carboxylic acids is 1. The Kier molecular flexibility index (Phi) is 6.17. The molecule has 1 amide bonds. The van der Waals surface area contributed by atoms with Gasteiger partial charge in [-0.3, -0.25) is 4.79 Å². The summed E-state index contributed by atoms with van der Waals surface area (Å²) in [5, 5.41) is 0.